The Morgan fingerprint density at radius 3 is 2.69 bits per heavy atom. The van der Waals surface area contributed by atoms with E-state index >= 15 is 0 Å². The summed E-state index contributed by atoms with van der Waals surface area (Å²) >= 11 is 1.18. The van der Waals surface area contributed by atoms with E-state index in [0.29, 0.717) is 30.0 Å². The lowest BCUT2D eigenvalue weighted by atomic mass is 10.3. The van der Waals surface area contributed by atoms with Gasteiger partial charge in [0.25, 0.3) is 11.1 Å². The van der Waals surface area contributed by atoms with Crippen LogP contribution in [0.3, 0.4) is 0 Å². The summed E-state index contributed by atoms with van der Waals surface area (Å²) in [5.74, 6) is 0.642. The fraction of sp³-hybridized carbons (Fsp3) is 0.389. The second kappa shape index (κ2) is 9.38. The molecule has 2 aromatic rings. The highest BCUT2D eigenvalue weighted by Gasteiger charge is 2.18. The second-order valence-corrected chi connectivity index (χ2v) is 6.70. The van der Waals surface area contributed by atoms with Gasteiger partial charge in [0.2, 0.25) is 5.91 Å². The lowest BCUT2D eigenvalue weighted by Crippen LogP contribution is -2.33. The molecule has 140 valence electrons. The minimum atomic E-state index is -0.492. The summed E-state index contributed by atoms with van der Waals surface area (Å²) in [6.07, 6.45) is -0.492. The number of carbonyl (C=O) groups is 1. The molecule has 0 aliphatic heterocycles. The van der Waals surface area contributed by atoms with E-state index in [-0.39, 0.29) is 17.5 Å². The van der Waals surface area contributed by atoms with E-state index in [9.17, 15) is 9.18 Å². The van der Waals surface area contributed by atoms with E-state index < -0.39 is 6.10 Å². The molecule has 1 atom stereocenters. The van der Waals surface area contributed by atoms with E-state index in [1.165, 1.54) is 36.0 Å². The number of halogens is 1. The van der Waals surface area contributed by atoms with Crippen LogP contribution >= 0.6 is 11.8 Å². The number of likely N-dealkylation sites (N-methyl/N-ethyl adjacent to an activating group) is 1. The zero-order valence-corrected chi connectivity index (χ0v) is 15.9. The molecule has 0 N–H and O–H groups in total. The van der Waals surface area contributed by atoms with Crippen LogP contribution in [0.5, 0.6) is 5.75 Å². The number of aromatic nitrogens is 2. The van der Waals surface area contributed by atoms with Crippen molar-refractivity contribution >= 4 is 17.7 Å². The van der Waals surface area contributed by atoms with E-state index in [4.69, 9.17) is 9.15 Å². The number of nitrogens with zero attached hydrogens (tertiary/aromatic N) is 3. The maximum Gasteiger partial charge on any atom is 0.277 e. The second-order valence-electron chi connectivity index (χ2n) is 5.77. The molecular weight excluding hydrogens is 357 g/mol. The molecule has 26 heavy (non-hydrogen) atoms. The molecule has 0 fully saturated rings. The lowest BCUT2D eigenvalue weighted by Gasteiger charge is -2.20. The van der Waals surface area contributed by atoms with Crippen LogP contribution < -0.4 is 4.74 Å². The molecule has 0 saturated carbocycles. The Hall–Kier alpha value is -2.35. The minimum Gasteiger partial charge on any atom is -0.481 e. The zero-order valence-electron chi connectivity index (χ0n) is 15.1. The van der Waals surface area contributed by atoms with Crippen LogP contribution in [0.4, 0.5) is 4.39 Å². The van der Waals surface area contributed by atoms with Gasteiger partial charge < -0.3 is 14.1 Å². The number of benzene rings is 1. The molecule has 2 rings (SSSR count). The first-order chi connectivity index (χ1) is 12.4. The normalized spacial score (nSPS) is 11.8. The number of carbonyl (C=O) groups excluding carboxylic acids is 1. The Bertz CT molecular complexity index is 748. The molecule has 1 amide bonds. The SMILES string of the molecule is C=C(C)CN(CC)C(=O)CSc1nnc([C@H](C)Oc2ccc(F)cc2)o1. The molecular formula is C18H22FN3O3S. The molecule has 0 radical (unpaired) electrons. The van der Waals surface area contributed by atoms with Gasteiger partial charge in [0.15, 0.2) is 6.10 Å². The molecule has 0 aliphatic rings. The Kier molecular flexibility index (Phi) is 7.20. The Labute approximate surface area is 156 Å². The van der Waals surface area contributed by atoms with Crippen molar-refractivity contribution in [1.29, 1.82) is 0 Å². The standard InChI is InChI=1S/C18H22FN3O3S/c1-5-22(10-12(2)3)16(23)11-26-18-21-20-17(25-18)13(4)24-15-8-6-14(19)7-9-15/h6-9,13H,2,5,10-11H2,1,3-4H3/t13-/m0/s1. The molecule has 1 aromatic carbocycles. The predicted octanol–water partition coefficient (Wildman–Crippen LogP) is 3.87. The maximum absolute atomic E-state index is 12.9. The molecule has 0 saturated heterocycles. The van der Waals surface area contributed by atoms with E-state index in [2.05, 4.69) is 16.8 Å². The molecule has 0 spiro atoms. The van der Waals surface area contributed by atoms with Gasteiger partial charge >= 0.3 is 0 Å². The highest BCUT2D eigenvalue weighted by Crippen LogP contribution is 2.24. The largest absolute Gasteiger partial charge is 0.481 e. The predicted molar refractivity (Wildman–Crippen MR) is 97.5 cm³/mol. The number of hydrogen-bond donors (Lipinski definition) is 0. The molecule has 0 aliphatic carbocycles. The Morgan fingerprint density at radius 2 is 2.08 bits per heavy atom. The first-order valence-corrected chi connectivity index (χ1v) is 9.18. The zero-order chi connectivity index (χ0) is 19.1. The van der Waals surface area contributed by atoms with Gasteiger partial charge in [0, 0.05) is 13.1 Å². The van der Waals surface area contributed by atoms with Crippen LogP contribution in [0.1, 0.15) is 32.8 Å². The van der Waals surface area contributed by atoms with Crippen LogP contribution in [-0.2, 0) is 4.79 Å². The quantitative estimate of drug-likeness (QED) is 0.487. The number of hydrogen-bond acceptors (Lipinski definition) is 6. The Morgan fingerprint density at radius 1 is 1.38 bits per heavy atom. The number of amides is 1. The van der Waals surface area contributed by atoms with Gasteiger partial charge in [-0.2, -0.15) is 0 Å². The molecule has 8 heteroatoms. The highest BCUT2D eigenvalue weighted by molar-refractivity contribution is 7.99. The van der Waals surface area contributed by atoms with Crippen molar-refractivity contribution in [2.45, 2.75) is 32.1 Å². The maximum atomic E-state index is 12.9. The lowest BCUT2D eigenvalue weighted by molar-refractivity contribution is -0.127. The molecule has 1 heterocycles. The van der Waals surface area contributed by atoms with Gasteiger partial charge in [0.1, 0.15) is 11.6 Å². The third kappa shape index (κ3) is 5.87. The van der Waals surface area contributed by atoms with Crippen LogP contribution in [0, 0.1) is 5.82 Å². The van der Waals surface area contributed by atoms with E-state index in [0.717, 1.165) is 5.57 Å². The van der Waals surface area contributed by atoms with Gasteiger partial charge in [-0.1, -0.05) is 23.9 Å². The monoisotopic (exact) mass is 379 g/mol. The molecule has 0 unspecified atom stereocenters. The average molecular weight is 379 g/mol. The topological polar surface area (TPSA) is 68.5 Å². The summed E-state index contributed by atoms with van der Waals surface area (Å²) in [5, 5.41) is 8.17. The van der Waals surface area contributed by atoms with Crippen molar-refractivity contribution in [3.8, 4) is 5.75 Å². The fourth-order valence-corrected chi connectivity index (χ4v) is 2.80. The fourth-order valence-electron chi connectivity index (χ4n) is 2.13. The van der Waals surface area contributed by atoms with Crippen LogP contribution in [0.25, 0.3) is 0 Å². The van der Waals surface area contributed by atoms with Gasteiger partial charge in [0.05, 0.1) is 5.75 Å². The van der Waals surface area contributed by atoms with Crippen molar-refractivity contribution in [2.24, 2.45) is 0 Å². The van der Waals surface area contributed by atoms with Crippen molar-refractivity contribution in [3.63, 3.8) is 0 Å². The Balaban J connectivity index is 1.89. The number of ether oxygens (including phenoxy) is 1. The third-order valence-corrected chi connectivity index (χ3v) is 4.21. The van der Waals surface area contributed by atoms with E-state index in [1.54, 1.807) is 11.8 Å². The van der Waals surface area contributed by atoms with Crippen LogP contribution in [0.2, 0.25) is 0 Å². The van der Waals surface area contributed by atoms with Gasteiger partial charge in [-0.05, 0) is 45.0 Å². The van der Waals surface area contributed by atoms with Gasteiger partial charge in [-0.25, -0.2) is 4.39 Å². The summed E-state index contributed by atoms with van der Waals surface area (Å²) in [5.41, 5.74) is 0.928. The molecule has 6 nitrogen and oxygen atoms in total. The number of thioether (sulfide) groups is 1. The first kappa shape index (κ1) is 20.0. The van der Waals surface area contributed by atoms with E-state index in [1.807, 2.05) is 13.8 Å². The summed E-state index contributed by atoms with van der Waals surface area (Å²) in [6, 6.07) is 5.68. The highest BCUT2D eigenvalue weighted by atomic mass is 32.2. The van der Waals surface area contributed by atoms with Crippen LogP contribution in [0.15, 0.2) is 46.1 Å². The summed E-state index contributed by atoms with van der Waals surface area (Å²) in [4.78, 5) is 13.9. The van der Waals surface area contributed by atoms with Crippen molar-refractivity contribution < 1.29 is 18.3 Å². The molecule has 1 aromatic heterocycles. The summed E-state index contributed by atoms with van der Waals surface area (Å²) in [6.45, 7) is 10.5. The summed E-state index contributed by atoms with van der Waals surface area (Å²) in [7, 11) is 0. The van der Waals surface area contributed by atoms with Crippen LogP contribution in [-0.4, -0.2) is 39.8 Å². The first-order valence-electron chi connectivity index (χ1n) is 8.19. The third-order valence-electron chi connectivity index (χ3n) is 3.41. The molecule has 0 bridgehead atoms. The average Bonchev–Trinajstić information content (AvgIpc) is 3.08. The van der Waals surface area contributed by atoms with Gasteiger partial charge in [-0.15, -0.1) is 10.2 Å². The smallest absolute Gasteiger partial charge is 0.277 e. The number of rotatable bonds is 9. The minimum absolute atomic E-state index is 0.0177. The van der Waals surface area contributed by atoms with Crippen molar-refractivity contribution in [1.82, 2.24) is 15.1 Å². The summed E-state index contributed by atoms with van der Waals surface area (Å²) < 4.78 is 24.1. The van der Waals surface area contributed by atoms with Crippen molar-refractivity contribution in [3.05, 3.63) is 48.1 Å². The van der Waals surface area contributed by atoms with Gasteiger partial charge in [-0.3, -0.25) is 4.79 Å². The van der Waals surface area contributed by atoms with Crippen molar-refractivity contribution in [2.75, 3.05) is 18.8 Å².